The molecule has 2 unspecified atom stereocenters. The molecular weight excluding hydrogens is 232 g/mol. The van der Waals surface area contributed by atoms with Crippen molar-refractivity contribution in [2.75, 3.05) is 0 Å². The molecule has 1 N–H and O–H groups in total. The van der Waals surface area contributed by atoms with E-state index in [9.17, 15) is 4.79 Å². The second-order valence-corrected chi connectivity index (χ2v) is 7.31. The minimum atomic E-state index is -0.647. The van der Waals surface area contributed by atoms with E-state index in [0.29, 0.717) is 5.92 Å². The molecule has 0 amide bonds. The van der Waals surface area contributed by atoms with E-state index in [-0.39, 0.29) is 15.7 Å². The van der Waals surface area contributed by atoms with Crippen molar-refractivity contribution in [3.63, 3.8) is 0 Å². The average Bonchev–Trinajstić information content (AvgIpc) is 2.28. The first kappa shape index (κ1) is 11.0. The van der Waals surface area contributed by atoms with Gasteiger partial charge in [0, 0.05) is 4.32 Å². The molecule has 0 radical (unpaired) electrons. The summed E-state index contributed by atoms with van der Waals surface area (Å²) < 4.78 is 0.0547. The number of carboxylic acid groups (broad SMARTS) is 1. The maximum Gasteiger partial charge on any atom is 0.307 e. The molecule has 1 aliphatic rings. The Labute approximate surface area is 87.8 Å². The van der Waals surface area contributed by atoms with Gasteiger partial charge in [-0.05, 0) is 17.8 Å². The van der Waals surface area contributed by atoms with Gasteiger partial charge in [-0.15, -0.1) is 0 Å². The molecule has 2 nitrogen and oxygen atoms in total. The minimum Gasteiger partial charge on any atom is -0.481 e. The molecule has 0 aromatic heterocycles. The summed E-state index contributed by atoms with van der Waals surface area (Å²) in [7, 11) is 0. The smallest absolute Gasteiger partial charge is 0.307 e. The maximum atomic E-state index is 10.9. The van der Waals surface area contributed by atoms with Crippen LogP contribution in [-0.2, 0) is 4.79 Å². The van der Waals surface area contributed by atoms with Crippen molar-refractivity contribution in [1.29, 1.82) is 0 Å². The van der Waals surface area contributed by atoms with Gasteiger partial charge in [-0.2, -0.15) is 0 Å². The monoisotopic (exact) mass is 248 g/mol. The lowest BCUT2D eigenvalue weighted by Crippen LogP contribution is -2.12. The van der Waals surface area contributed by atoms with Gasteiger partial charge in [0.25, 0.3) is 0 Å². The van der Waals surface area contributed by atoms with Crippen LogP contribution in [-0.4, -0.2) is 15.4 Å². The van der Waals surface area contributed by atoms with E-state index in [1.54, 1.807) is 0 Å². The summed E-state index contributed by atoms with van der Waals surface area (Å²) in [5.41, 5.74) is -0.0170. The van der Waals surface area contributed by atoms with Crippen LogP contribution in [0.1, 0.15) is 34.1 Å². The van der Waals surface area contributed by atoms with Crippen LogP contribution in [0, 0.1) is 17.3 Å². The molecule has 3 heteroatoms. The van der Waals surface area contributed by atoms with E-state index in [1.165, 1.54) is 0 Å². The van der Waals surface area contributed by atoms with Gasteiger partial charge in [-0.1, -0.05) is 43.6 Å². The Hall–Kier alpha value is -0.0500. The molecule has 1 rings (SSSR count). The number of aliphatic carboxylic acids is 1. The van der Waals surface area contributed by atoms with E-state index in [0.717, 1.165) is 6.42 Å². The maximum absolute atomic E-state index is 10.9. The Balaban J connectivity index is 2.61. The van der Waals surface area contributed by atoms with Crippen LogP contribution in [0.2, 0.25) is 0 Å². The molecule has 0 saturated heterocycles. The van der Waals surface area contributed by atoms with E-state index in [4.69, 9.17) is 5.11 Å². The third-order valence-corrected chi connectivity index (χ3v) is 3.35. The van der Waals surface area contributed by atoms with Crippen molar-refractivity contribution in [2.24, 2.45) is 17.3 Å². The topological polar surface area (TPSA) is 37.3 Å². The summed E-state index contributed by atoms with van der Waals surface area (Å²) in [6.45, 7) is 8.24. The molecule has 1 aliphatic carbocycles. The Morgan fingerprint density at radius 3 is 2.23 bits per heavy atom. The highest BCUT2D eigenvalue weighted by atomic mass is 79.9. The highest BCUT2D eigenvalue weighted by Gasteiger charge is 2.62. The van der Waals surface area contributed by atoms with Crippen molar-refractivity contribution < 1.29 is 9.90 Å². The summed E-state index contributed by atoms with van der Waals surface area (Å²) in [5.74, 6) is -0.476. The van der Waals surface area contributed by atoms with Gasteiger partial charge in [-0.3, -0.25) is 4.79 Å². The summed E-state index contributed by atoms with van der Waals surface area (Å²) in [5, 5.41) is 8.94. The van der Waals surface area contributed by atoms with Crippen LogP contribution in [0.15, 0.2) is 0 Å². The van der Waals surface area contributed by atoms with E-state index >= 15 is 0 Å². The Morgan fingerprint density at radius 1 is 1.54 bits per heavy atom. The van der Waals surface area contributed by atoms with Crippen LogP contribution in [0.3, 0.4) is 0 Å². The number of carboxylic acids is 1. The fraction of sp³-hybridized carbons (Fsp3) is 0.900. The third-order valence-electron chi connectivity index (χ3n) is 3.02. The number of hydrogen-bond donors (Lipinski definition) is 1. The Kier molecular flexibility index (Phi) is 2.52. The van der Waals surface area contributed by atoms with Crippen LogP contribution < -0.4 is 0 Å². The molecule has 0 aromatic rings. The van der Waals surface area contributed by atoms with Crippen LogP contribution in [0.25, 0.3) is 0 Å². The minimum absolute atomic E-state index is 0.0170. The molecule has 0 bridgehead atoms. The largest absolute Gasteiger partial charge is 0.481 e. The molecule has 2 atom stereocenters. The standard InChI is InChI=1S/C10H17BrO2/c1-9(2,11)5-6-7(8(12)13)10(6,3)4/h6-7H,5H2,1-4H3,(H,12,13). The van der Waals surface area contributed by atoms with Gasteiger partial charge in [0.15, 0.2) is 0 Å². The molecule has 13 heavy (non-hydrogen) atoms. The van der Waals surface area contributed by atoms with Crippen molar-refractivity contribution >= 4 is 21.9 Å². The van der Waals surface area contributed by atoms with Gasteiger partial charge < -0.3 is 5.11 Å². The van der Waals surface area contributed by atoms with Crippen LogP contribution in [0.4, 0.5) is 0 Å². The fourth-order valence-electron chi connectivity index (χ4n) is 2.14. The van der Waals surface area contributed by atoms with E-state index < -0.39 is 5.97 Å². The predicted molar refractivity (Wildman–Crippen MR) is 56.0 cm³/mol. The van der Waals surface area contributed by atoms with Crippen LogP contribution >= 0.6 is 15.9 Å². The number of rotatable bonds is 3. The summed E-state index contributed by atoms with van der Waals surface area (Å²) >= 11 is 3.55. The Bertz CT molecular complexity index is 228. The number of carbonyl (C=O) groups is 1. The average molecular weight is 249 g/mol. The highest BCUT2D eigenvalue weighted by Crippen LogP contribution is 2.61. The first-order chi connectivity index (χ1) is 5.66. The molecule has 0 aromatic carbocycles. The second kappa shape index (κ2) is 2.97. The predicted octanol–water partition coefficient (Wildman–Crippen LogP) is 2.91. The van der Waals surface area contributed by atoms with Gasteiger partial charge in [-0.25, -0.2) is 0 Å². The highest BCUT2D eigenvalue weighted by molar-refractivity contribution is 9.10. The fourth-order valence-corrected chi connectivity index (χ4v) is 2.49. The molecule has 0 spiro atoms. The second-order valence-electron chi connectivity index (χ2n) is 5.17. The normalized spacial score (nSPS) is 31.5. The van der Waals surface area contributed by atoms with Crippen LogP contribution in [0.5, 0.6) is 0 Å². The van der Waals surface area contributed by atoms with Crippen molar-refractivity contribution in [3.05, 3.63) is 0 Å². The lowest BCUT2D eigenvalue weighted by atomic mass is 10.0. The Morgan fingerprint density at radius 2 is 2.00 bits per heavy atom. The molecule has 1 fully saturated rings. The molecular formula is C10H17BrO2. The SMILES string of the molecule is CC(C)(Br)CC1C(C(=O)O)C1(C)C. The molecule has 76 valence electrons. The zero-order chi connectivity index (χ0) is 10.4. The van der Waals surface area contributed by atoms with Crippen molar-refractivity contribution in [3.8, 4) is 0 Å². The van der Waals surface area contributed by atoms with Gasteiger partial charge in [0.05, 0.1) is 5.92 Å². The molecule has 1 saturated carbocycles. The number of hydrogen-bond acceptors (Lipinski definition) is 1. The van der Waals surface area contributed by atoms with E-state index in [2.05, 4.69) is 29.8 Å². The molecule has 0 heterocycles. The lowest BCUT2D eigenvalue weighted by molar-refractivity contribution is -0.139. The molecule has 0 aliphatic heterocycles. The van der Waals surface area contributed by atoms with Crippen molar-refractivity contribution in [2.45, 2.75) is 38.4 Å². The van der Waals surface area contributed by atoms with Gasteiger partial charge >= 0.3 is 5.97 Å². The first-order valence-electron chi connectivity index (χ1n) is 4.58. The zero-order valence-corrected chi connectivity index (χ0v) is 10.2. The number of alkyl halides is 1. The van der Waals surface area contributed by atoms with E-state index in [1.807, 2.05) is 13.8 Å². The summed E-state index contributed by atoms with van der Waals surface area (Å²) in [6.07, 6.45) is 0.928. The van der Waals surface area contributed by atoms with Gasteiger partial charge in [0.1, 0.15) is 0 Å². The summed E-state index contributed by atoms with van der Waals surface area (Å²) in [6, 6.07) is 0. The quantitative estimate of drug-likeness (QED) is 0.781. The van der Waals surface area contributed by atoms with Gasteiger partial charge in [0.2, 0.25) is 0 Å². The summed E-state index contributed by atoms with van der Waals surface area (Å²) in [4.78, 5) is 10.9. The third kappa shape index (κ3) is 2.25. The van der Waals surface area contributed by atoms with Crippen molar-refractivity contribution in [1.82, 2.24) is 0 Å². The lowest BCUT2D eigenvalue weighted by Gasteiger charge is -2.16. The zero-order valence-electron chi connectivity index (χ0n) is 8.60. The number of halogens is 1. The first-order valence-corrected chi connectivity index (χ1v) is 5.37.